The predicted molar refractivity (Wildman–Crippen MR) is 153 cm³/mol. The number of carbonyl (C=O) groups is 2. The van der Waals surface area contributed by atoms with Crippen LogP contribution in [0.25, 0.3) is 0 Å². The van der Waals surface area contributed by atoms with Crippen LogP contribution in [0.2, 0.25) is 0 Å². The van der Waals surface area contributed by atoms with Crippen molar-refractivity contribution in [1.29, 1.82) is 0 Å². The molecular formula is C29H40N4O7S. The Morgan fingerprint density at radius 2 is 1.80 bits per heavy atom. The molecule has 41 heavy (non-hydrogen) atoms. The maximum absolute atomic E-state index is 13.6. The molecule has 11 nitrogen and oxygen atoms in total. The highest BCUT2D eigenvalue weighted by Gasteiger charge is 2.37. The van der Waals surface area contributed by atoms with E-state index < -0.39 is 39.5 Å². The Balaban J connectivity index is 1.52. The van der Waals surface area contributed by atoms with Gasteiger partial charge in [-0.05, 0) is 48.9 Å². The first-order valence-corrected chi connectivity index (χ1v) is 15.2. The standard InChI is InChI=1S/C29H40N4O7S/c1-29(2,3)26(32-27(35)21-11-8-14-30-21)28(36)31-22(15-19-9-6-5-7-10-19)23(34)17-33(4)41(37,38)20-12-13-24-25(16-20)40-18-39-24/h5-7,9-10,12-13,16,21-23,26,30,34H,8,11,14-15,17-18H2,1-4H3,(H,31,36)(H,32,35). The van der Waals surface area contributed by atoms with E-state index in [1.807, 2.05) is 51.1 Å². The molecule has 0 spiro atoms. The third kappa shape index (κ3) is 7.56. The van der Waals surface area contributed by atoms with Gasteiger partial charge in [0, 0.05) is 19.7 Å². The first kappa shape index (κ1) is 30.8. The Labute approximate surface area is 241 Å². The van der Waals surface area contributed by atoms with E-state index >= 15 is 0 Å². The van der Waals surface area contributed by atoms with E-state index in [-0.39, 0.29) is 36.6 Å². The van der Waals surface area contributed by atoms with Crippen molar-refractivity contribution >= 4 is 21.8 Å². The topological polar surface area (TPSA) is 146 Å². The summed E-state index contributed by atoms with van der Waals surface area (Å²) in [7, 11) is -2.62. The van der Waals surface area contributed by atoms with Crippen LogP contribution >= 0.6 is 0 Å². The molecule has 12 heteroatoms. The van der Waals surface area contributed by atoms with Crippen LogP contribution in [0.5, 0.6) is 11.5 Å². The first-order valence-electron chi connectivity index (χ1n) is 13.8. The van der Waals surface area contributed by atoms with E-state index in [0.29, 0.717) is 17.9 Å². The number of fused-ring (bicyclic) bond motifs is 1. The molecule has 2 aromatic carbocycles. The zero-order valence-corrected chi connectivity index (χ0v) is 24.7. The summed E-state index contributed by atoms with van der Waals surface area (Å²) in [5, 5.41) is 20.3. The van der Waals surface area contributed by atoms with Gasteiger partial charge in [0.25, 0.3) is 0 Å². The molecule has 2 aromatic rings. The van der Waals surface area contributed by atoms with Crippen LogP contribution in [0.4, 0.5) is 0 Å². The monoisotopic (exact) mass is 588 g/mol. The highest BCUT2D eigenvalue weighted by molar-refractivity contribution is 7.89. The Hall–Kier alpha value is -3.19. The van der Waals surface area contributed by atoms with Crippen LogP contribution in [-0.4, -0.2) is 80.8 Å². The molecule has 2 heterocycles. The second kappa shape index (κ2) is 12.8. The second-order valence-corrected chi connectivity index (χ2v) is 13.7. The average molecular weight is 589 g/mol. The van der Waals surface area contributed by atoms with Crippen molar-refractivity contribution < 1.29 is 32.6 Å². The zero-order chi connectivity index (χ0) is 29.8. The summed E-state index contributed by atoms with van der Waals surface area (Å²) in [6.45, 7) is 6.04. The lowest BCUT2D eigenvalue weighted by atomic mass is 9.85. The lowest BCUT2D eigenvalue weighted by Crippen LogP contribution is -2.60. The molecule has 4 N–H and O–H groups in total. The summed E-state index contributed by atoms with van der Waals surface area (Å²) in [5.41, 5.74) is 0.227. The van der Waals surface area contributed by atoms with Crippen LogP contribution in [0.15, 0.2) is 53.4 Å². The summed E-state index contributed by atoms with van der Waals surface area (Å²) in [6.07, 6.45) is 0.573. The molecule has 0 bridgehead atoms. The van der Waals surface area contributed by atoms with Gasteiger partial charge in [-0.1, -0.05) is 51.1 Å². The van der Waals surface area contributed by atoms with Gasteiger partial charge in [-0.2, -0.15) is 4.31 Å². The number of benzene rings is 2. The number of amides is 2. The van der Waals surface area contributed by atoms with Crippen molar-refractivity contribution in [3.05, 3.63) is 54.1 Å². The smallest absolute Gasteiger partial charge is 0.243 e. The fourth-order valence-corrected chi connectivity index (χ4v) is 6.15. The van der Waals surface area contributed by atoms with E-state index in [0.717, 1.165) is 22.8 Å². The SMILES string of the molecule is CN(CC(O)C(Cc1ccccc1)NC(=O)C(NC(=O)C1CCCN1)C(C)(C)C)S(=O)(=O)c1ccc2c(c1)OCO2. The highest BCUT2D eigenvalue weighted by atomic mass is 32.2. The molecule has 0 aliphatic carbocycles. The molecule has 2 aliphatic rings. The predicted octanol–water partition coefficient (Wildman–Crippen LogP) is 1.41. The minimum Gasteiger partial charge on any atom is -0.454 e. The largest absolute Gasteiger partial charge is 0.454 e. The number of carbonyl (C=O) groups excluding carboxylic acids is 2. The summed E-state index contributed by atoms with van der Waals surface area (Å²) in [6, 6.07) is 11.6. The van der Waals surface area contributed by atoms with Gasteiger partial charge in [-0.25, -0.2) is 8.42 Å². The summed E-state index contributed by atoms with van der Waals surface area (Å²) in [5.74, 6) is 0.0937. The molecule has 4 atom stereocenters. The Kier molecular flexibility index (Phi) is 9.58. The van der Waals surface area contributed by atoms with Crippen LogP contribution in [0.1, 0.15) is 39.2 Å². The molecule has 0 aromatic heterocycles. The van der Waals surface area contributed by atoms with Gasteiger partial charge in [0.05, 0.1) is 23.1 Å². The Morgan fingerprint density at radius 3 is 2.46 bits per heavy atom. The third-order valence-electron chi connectivity index (χ3n) is 7.38. The maximum atomic E-state index is 13.6. The van der Waals surface area contributed by atoms with Crippen molar-refractivity contribution in [2.24, 2.45) is 5.41 Å². The van der Waals surface area contributed by atoms with Gasteiger partial charge in [0.15, 0.2) is 11.5 Å². The van der Waals surface area contributed by atoms with Gasteiger partial charge in [-0.15, -0.1) is 0 Å². The number of aliphatic hydroxyl groups is 1. The summed E-state index contributed by atoms with van der Waals surface area (Å²) in [4.78, 5) is 26.5. The van der Waals surface area contributed by atoms with Crippen LogP contribution < -0.4 is 25.4 Å². The highest BCUT2D eigenvalue weighted by Crippen LogP contribution is 2.34. The van der Waals surface area contributed by atoms with E-state index in [1.54, 1.807) is 0 Å². The van der Waals surface area contributed by atoms with Crippen molar-refractivity contribution in [3.63, 3.8) is 0 Å². The number of hydrogen-bond donors (Lipinski definition) is 4. The van der Waals surface area contributed by atoms with Crippen LogP contribution in [-0.2, 0) is 26.0 Å². The number of rotatable bonds is 11. The van der Waals surface area contributed by atoms with Crippen molar-refractivity contribution in [2.75, 3.05) is 26.9 Å². The molecule has 0 radical (unpaired) electrons. The van der Waals surface area contributed by atoms with Crippen molar-refractivity contribution in [1.82, 2.24) is 20.3 Å². The van der Waals surface area contributed by atoms with Gasteiger partial charge in [-0.3, -0.25) is 9.59 Å². The molecule has 0 saturated carbocycles. The van der Waals surface area contributed by atoms with E-state index in [1.165, 1.54) is 25.2 Å². The number of nitrogens with zero attached hydrogens (tertiary/aromatic N) is 1. The molecule has 2 amide bonds. The van der Waals surface area contributed by atoms with E-state index in [4.69, 9.17) is 9.47 Å². The molecular weight excluding hydrogens is 548 g/mol. The number of likely N-dealkylation sites (N-methyl/N-ethyl adjacent to an activating group) is 1. The number of hydrogen-bond acceptors (Lipinski definition) is 8. The Bertz CT molecular complexity index is 1320. The minimum atomic E-state index is -3.99. The third-order valence-corrected chi connectivity index (χ3v) is 9.20. The molecule has 1 fully saturated rings. The van der Waals surface area contributed by atoms with Crippen molar-refractivity contribution in [2.45, 2.75) is 69.2 Å². The van der Waals surface area contributed by atoms with E-state index in [2.05, 4.69) is 16.0 Å². The average Bonchev–Trinajstić information content (AvgIpc) is 3.63. The lowest BCUT2D eigenvalue weighted by molar-refractivity contribution is -0.133. The zero-order valence-electron chi connectivity index (χ0n) is 23.9. The number of ether oxygens (including phenoxy) is 2. The fraction of sp³-hybridized carbons (Fsp3) is 0.517. The van der Waals surface area contributed by atoms with E-state index in [9.17, 15) is 23.1 Å². The molecule has 4 unspecified atom stereocenters. The molecule has 224 valence electrons. The summed E-state index contributed by atoms with van der Waals surface area (Å²) < 4.78 is 38.3. The first-order chi connectivity index (χ1) is 19.4. The van der Waals surface area contributed by atoms with Crippen molar-refractivity contribution in [3.8, 4) is 11.5 Å². The normalized spacial score (nSPS) is 19.0. The molecule has 4 rings (SSSR count). The summed E-state index contributed by atoms with van der Waals surface area (Å²) >= 11 is 0. The lowest BCUT2D eigenvalue weighted by Gasteiger charge is -2.34. The number of aliphatic hydroxyl groups excluding tert-OH is 1. The number of nitrogens with one attached hydrogen (secondary N) is 3. The van der Waals surface area contributed by atoms with Crippen LogP contribution in [0.3, 0.4) is 0 Å². The van der Waals surface area contributed by atoms with Gasteiger partial charge >= 0.3 is 0 Å². The molecule has 1 saturated heterocycles. The van der Waals surface area contributed by atoms with Gasteiger partial charge in [0.2, 0.25) is 28.6 Å². The quantitative estimate of drug-likeness (QED) is 0.308. The second-order valence-electron chi connectivity index (χ2n) is 11.6. The Morgan fingerprint density at radius 1 is 1.10 bits per heavy atom. The van der Waals surface area contributed by atoms with Crippen LogP contribution in [0, 0.1) is 5.41 Å². The minimum absolute atomic E-state index is 0.00359. The molecule has 2 aliphatic heterocycles. The fourth-order valence-electron chi connectivity index (χ4n) is 4.95. The van der Waals surface area contributed by atoms with Gasteiger partial charge in [0.1, 0.15) is 6.04 Å². The maximum Gasteiger partial charge on any atom is 0.243 e. The van der Waals surface area contributed by atoms with Gasteiger partial charge < -0.3 is 30.5 Å². The number of sulfonamides is 1.